The predicted octanol–water partition coefficient (Wildman–Crippen LogP) is 3.69. The molecule has 2 amide bonds. The fourth-order valence-electron chi connectivity index (χ4n) is 3.24. The lowest BCUT2D eigenvalue weighted by Gasteiger charge is -2.34. The van der Waals surface area contributed by atoms with Crippen molar-refractivity contribution in [1.29, 1.82) is 0 Å². The Hall–Kier alpha value is -2.37. The number of hydrogen-bond donors (Lipinski definition) is 1. The summed E-state index contributed by atoms with van der Waals surface area (Å²) in [5, 5.41) is 3.56. The maximum atomic E-state index is 12.7. The van der Waals surface area contributed by atoms with Crippen LogP contribution in [-0.2, 0) is 11.2 Å². The molecular formula is C22H26ClN3O2. The molecule has 1 N–H and O–H groups in total. The van der Waals surface area contributed by atoms with E-state index in [1.165, 1.54) is 5.56 Å². The number of anilines is 1. The van der Waals surface area contributed by atoms with E-state index in [0.29, 0.717) is 12.0 Å². The summed E-state index contributed by atoms with van der Waals surface area (Å²) in [5.74, 6) is 0.0134. The fourth-order valence-corrected chi connectivity index (χ4v) is 3.37. The summed E-state index contributed by atoms with van der Waals surface area (Å²) < 4.78 is 0. The Kier molecular flexibility index (Phi) is 7.06. The van der Waals surface area contributed by atoms with Gasteiger partial charge in [-0.3, -0.25) is 14.5 Å². The topological polar surface area (TPSA) is 52.7 Å². The Bertz CT molecular complexity index is 798. The number of benzene rings is 2. The average Bonchev–Trinajstić information content (AvgIpc) is 2.73. The Labute approximate surface area is 171 Å². The first-order valence-electron chi connectivity index (χ1n) is 9.71. The molecule has 0 saturated carbocycles. The minimum atomic E-state index is -0.0335. The van der Waals surface area contributed by atoms with Crippen LogP contribution >= 0.6 is 11.6 Å². The van der Waals surface area contributed by atoms with E-state index in [1.54, 1.807) is 24.3 Å². The third-order valence-electron chi connectivity index (χ3n) is 5.03. The molecule has 148 valence electrons. The number of hydrogen-bond acceptors (Lipinski definition) is 3. The lowest BCUT2D eigenvalue weighted by molar-refractivity contribution is -0.115. The zero-order chi connectivity index (χ0) is 19.9. The summed E-state index contributed by atoms with van der Waals surface area (Å²) >= 11 is 5.93. The highest BCUT2D eigenvalue weighted by Crippen LogP contribution is 2.14. The van der Waals surface area contributed by atoms with Crippen molar-refractivity contribution in [3.63, 3.8) is 0 Å². The van der Waals surface area contributed by atoms with E-state index < -0.39 is 0 Å². The standard InChI is InChI=1S/C22H26ClN3O2/c1-2-21(27)24-20-9-5-18(6-10-20)22(28)26-15-13-25(14-16-26)12-11-17-3-7-19(23)8-4-17/h3-10H,2,11-16H2,1H3,(H,24,27). The predicted molar refractivity (Wildman–Crippen MR) is 113 cm³/mol. The first kappa shape index (κ1) is 20.4. The van der Waals surface area contributed by atoms with Gasteiger partial charge >= 0.3 is 0 Å². The van der Waals surface area contributed by atoms with E-state index in [9.17, 15) is 9.59 Å². The molecule has 1 aliphatic heterocycles. The second-order valence-corrected chi connectivity index (χ2v) is 7.43. The van der Waals surface area contributed by atoms with Gasteiger partial charge in [0.15, 0.2) is 0 Å². The second-order valence-electron chi connectivity index (χ2n) is 6.99. The molecule has 0 spiro atoms. The molecular weight excluding hydrogens is 374 g/mol. The zero-order valence-corrected chi connectivity index (χ0v) is 16.9. The minimum Gasteiger partial charge on any atom is -0.336 e. The van der Waals surface area contributed by atoms with E-state index in [-0.39, 0.29) is 11.8 Å². The SMILES string of the molecule is CCC(=O)Nc1ccc(C(=O)N2CCN(CCc3ccc(Cl)cc3)CC2)cc1. The van der Waals surface area contributed by atoms with Crippen LogP contribution in [0, 0.1) is 0 Å². The monoisotopic (exact) mass is 399 g/mol. The molecule has 0 aliphatic carbocycles. The van der Waals surface area contributed by atoms with E-state index in [1.807, 2.05) is 24.0 Å². The molecule has 0 bridgehead atoms. The van der Waals surface area contributed by atoms with Crippen molar-refractivity contribution in [2.75, 3.05) is 38.0 Å². The zero-order valence-electron chi connectivity index (χ0n) is 16.2. The molecule has 0 atom stereocenters. The fraction of sp³-hybridized carbons (Fsp3) is 0.364. The quantitative estimate of drug-likeness (QED) is 0.806. The number of nitrogens with zero attached hydrogens (tertiary/aromatic N) is 2. The molecule has 1 heterocycles. The van der Waals surface area contributed by atoms with Crippen molar-refractivity contribution >= 4 is 29.1 Å². The van der Waals surface area contributed by atoms with Crippen LogP contribution in [0.2, 0.25) is 5.02 Å². The van der Waals surface area contributed by atoms with E-state index in [2.05, 4.69) is 22.3 Å². The van der Waals surface area contributed by atoms with Crippen LogP contribution < -0.4 is 5.32 Å². The molecule has 6 heteroatoms. The van der Waals surface area contributed by atoms with Crippen molar-refractivity contribution in [3.05, 3.63) is 64.7 Å². The Morgan fingerprint density at radius 2 is 1.61 bits per heavy atom. The number of carbonyl (C=O) groups is 2. The molecule has 2 aromatic carbocycles. The van der Waals surface area contributed by atoms with Gasteiger partial charge in [-0.1, -0.05) is 30.7 Å². The first-order valence-corrected chi connectivity index (χ1v) is 10.1. The third-order valence-corrected chi connectivity index (χ3v) is 5.28. The van der Waals surface area contributed by atoms with Gasteiger partial charge in [0.1, 0.15) is 0 Å². The highest BCUT2D eigenvalue weighted by molar-refractivity contribution is 6.30. The largest absolute Gasteiger partial charge is 0.336 e. The number of piperazine rings is 1. The number of carbonyl (C=O) groups excluding carboxylic acids is 2. The molecule has 3 rings (SSSR count). The Morgan fingerprint density at radius 1 is 0.964 bits per heavy atom. The molecule has 1 aliphatic rings. The minimum absolute atomic E-state index is 0.0335. The van der Waals surface area contributed by atoms with Gasteiger partial charge in [0.25, 0.3) is 5.91 Å². The number of halogens is 1. The van der Waals surface area contributed by atoms with E-state index in [0.717, 1.165) is 49.9 Å². The molecule has 5 nitrogen and oxygen atoms in total. The molecule has 0 radical (unpaired) electrons. The van der Waals surface area contributed by atoms with Crippen molar-refractivity contribution < 1.29 is 9.59 Å². The van der Waals surface area contributed by atoms with Crippen LogP contribution in [0.3, 0.4) is 0 Å². The lowest BCUT2D eigenvalue weighted by atomic mass is 10.1. The van der Waals surface area contributed by atoms with Crippen molar-refractivity contribution in [2.24, 2.45) is 0 Å². The van der Waals surface area contributed by atoms with Gasteiger partial charge in [0.2, 0.25) is 5.91 Å². The normalized spacial score (nSPS) is 14.7. The van der Waals surface area contributed by atoms with Crippen LogP contribution in [0.1, 0.15) is 29.3 Å². The first-order chi connectivity index (χ1) is 13.5. The average molecular weight is 400 g/mol. The van der Waals surface area contributed by atoms with Gasteiger partial charge < -0.3 is 10.2 Å². The molecule has 0 aromatic heterocycles. The highest BCUT2D eigenvalue weighted by Gasteiger charge is 2.22. The summed E-state index contributed by atoms with van der Waals surface area (Å²) in [6.45, 7) is 6.01. The van der Waals surface area contributed by atoms with Crippen LogP contribution in [0.4, 0.5) is 5.69 Å². The van der Waals surface area contributed by atoms with Crippen LogP contribution in [0.5, 0.6) is 0 Å². The summed E-state index contributed by atoms with van der Waals surface area (Å²) in [4.78, 5) is 28.4. The van der Waals surface area contributed by atoms with Gasteiger partial charge in [-0.25, -0.2) is 0 Å². The van der Waals surface area contributed by atoms with Crippen LogP contribution in [0.25, 0.3) is 0 Å². The van der Waals surface area contributed by atoms with Crippen LogP contribution in [-0.4, -0.2) is 54.3 Å². The van der Waals surface area contributed by atoms with Gasteiger partial charge in [-0.2, -0.15) is 0 Å². The van der Waals surface area contributed by atoms with Crippen molar-refractivity contribution in [2.45, 2.75) is 19.8 Å². The molecule has 1 fully saturated rings. The number of rotatable bonds is 6. The number of nitrogens with one attached hydrogen (secondary N) is 1. The second kappa shape index (κ2) is 9.71. The van der Waals surface area contributed by atoms with Gasteiger partial charge in [0, 0.05) is 55.4 Å². The maximum Gasteiger partial charge on any atom is 0.253 e. The maximum absolute atomic E-state index is 12.7. The molecule has 28 heavy (non-hydrogen) atoms. The summed E-state index contributed by atoms with van der Waals surface area (Å²) in [7, 11) is 0. The lowest BCUT2D eigenvalue weighted by Crippen LogP contribution is -2.49. The van der Waals surface area contributed by atoms with E-state index in [4.69, 9.17) is 11.6 Å². The van der Waals surface area contributed by atoms with Gasteiger partial charge in [-0.05, 0) is 48.4 Å². The molecule has 0 unspecified atom stereocenters. The van der Waals surface area contributed by atoms with Gasteiger partial charge in [0.05, 0.1) is 0 Å². The van der Waals surface area contributed by atoms with Crippen LogP contribution in [0.15, 0.2) is 48.5 Å². The summed E-state index contributed by atoms with van der Waals surface area (Å²) in [6, 6.07) is 15.1. The third kappa shape index (κ3) is 5.57. The van der Waals surface area contributed by atoms with Crippen molar-refractivity contribution in [1.82, 2.24) is 9.80 Å². The Balaban J connectivity index is 1.46. The van der Waals surface area contributed by atoms with E-state index >= 15 is 0 Å². The summed E-state index contributed by atoms with van der Waals surface area (Å²) in [5.41, 5.74) is 2.65. The highest BCUT2D eigenvalue weighted by atomic mass is 35.5. The molecule has 1 saturated heterocycles. The summed E-state index contributed by atoms with van der Waals surface area (Å²) in [6.07, 6.45) is 1.42. The molecule has 2 aromatic rings. The Morgan fingerprint density at radius 3 is 2.21 bits per heavy atom. The van der Waals surface area contributed by atoms with Crippen molar-refractivity contribution in [3.8, 4) is 0 Å². The van der Waals surface area contributed by atoms with Gasteiger partial charge in [-0.15, -0.1) is 0 Å². The smallest absolute Gasteiger partial charge is 0.253 e. The number of amides is 2.